The maximum absolute atomic E-state index is 12.1. The highest BCUT2D eigenvalue weighted by Gasteiger charge is 2.19. The van der Waals surface area contributed by atoms with E-state index in [4.69, 9.17) is 0 Å². The lowest BCUT2D eigenvalue weighted by Crippen LogP contribution is -2.47. The second-order valence-electron chi connectivity index (χ2n) is 5.08. The zero-order valence-electron chi connectivity index (χ0n) is 11.4. The summed E-state index contributed by atoms with van der Waals surface area (Å²) in [6.07, 6.45) is 2.25. The van der Waals surface area contributed by atoms with Crippen molar-refractivity contribution in [3.05, 3.63) is 30.3 Å². The Balaban J connectivity index is 1.72. The van der Waals surface area contributed by atoms with Crippen LogP contribution in [0.25, 0.3) is 0 Å². The standard InChI is InChI=1S/C15H22N2OS/c1-12(11-19-14-7-3-2-4-8-14)15(18)17-13-6-5-9-16-10-13/h2-4,7-8,12-13,16H,5-6,9-11H2,1H3,(H,17,18)/t12?,13-/m0/s1. The first-order valence-electron chi connectivity index (χ1n) is 6.94. The van der Waals surface area contributed by atoms with Crippen molar-refractivity contribution in [2.24, 2.45) is 5.92 Å². The molecule has 1 unspecified atom stereocenters. The summed E-state index contributed by atoms with van der Waals surface area (Å²) in [4.78, 5) is 13.3. The van der Waals surface area contributed by atoms with Gasteiger partial charge in [0.25, 0.3) is 0 Å². The third-order valence-corrected chi connectivity index (χ3v) is 4.61. The van der Waals surface area contributed by atoms with E-state index >= 15 is 0 Å². The number of benzene rings is 1. The third-order valence-electron chi connectivity index (χ3n) is 3.33. The van der Waals surface area contributed by atoms with Gasteiger partial charge in [-0.25, -0.2) is 0 Å². The molecule has 19 heavy (non-hydrogen) atoms. The Kier molecular flexibility index (Phi) is 5.73. The molecule has 2 atom stereocenters. The van der Waals surface area contributed by atoms with Crippen molar-refractivity contribution in [1.29, 1.82) is 0 Å². The van der Waals surface area contributed by atoms with Crippen molar-refractivity contribution in [2.45, 2.75) is 30.7 Å². The number of carbonyl (C=O) groups excluding carboxylic acids is 1. The number of hydrogen-bond donors (Lipinski definition) is 2. The summed E-state index contributed by atoms with van der Waals surface area (Å²) < 4.78 is 0. The van der Waals surface area contributed by atoms with Crippen LogP contribution in [-0.4, -0.2) is 30.8 Å². The molecule has 0 spiro atoms. The molecule has 0 bridgehead atoms. The van der Waals surface area contributed by atoms with Gasteiger partial charge in [-0.1, -0.05) is 25.1 Å². The maximum atomic E-state index is 12.1. The van der Waals surface area contributed by atoms with Gasteiger partial charge in [-0.15, -0.1) is 11.8 Å². The Hall–Kier alpha value is -1.00. The molecule has 1 aromatic rings. The van der Waals surface area contributed by atoms with Gasteiger partial charge in [-0.3, -0.25) is 4.79 Å². The fourth-order valence-electron chi connectivity index (χ4n) is 2.13. The van der Waals surface area contributed by atoms with E-state index in [1.54, 1.807) is 11.8 Å². The smallest absolute Gasteiger partial charge is 0.223 e. The van der Waals surface area contributed by atoms with Gasteiger partial charge in [-0.05, 0) is 31.5 Å². The van der Waals surface area contributed by atoms with Crippen molar-refractivity contribution in [3.8, 4) is 0 Å². The van der Waals surface area contributed by atoms with Crippen LogP contribution in [0.15, 0.2) is 35.2 Å². The number of piperidine rings is 1. The van der Waals surface area contributed by atoms with E-state index in [1.165, 1.54) is 4.90 Å². The minimum Gasteiger partial charge on any atom is -0.352 e. The van der Waals surface area contributed by atoms with Gasteiger partial charge in [0, 0.05) is 29.2 Å². The predicted octanol–water partition coefficient (Wildman–Crippen LogP) is 2.28. The number of nitrogens with one attached hydrogen (secondary N) is 2. The second-order valence-corrected chi connectivity index (χ2v) is 6.17. The van der Waals surface area contributed by atoms with Crippen LogP contribution in [-0.2, 0) is 4.79 Å². The van der Waals surface area contributed by atoms with E-state index in [9.17, 15) is 4.79 Å². The van der Waals surface area contributed by atoms with Crippen LogP contribution in [0.5, 0.6) is 0 Å². The van der Waals surface area contributed by atoms with Gasteiger partial charge in [0.15, 0.2) is 0 Å². The lowest BCUT2D eigenvalue weighted by molar-refractivity contribution is -0.124. The molecule has 4 heteroatoms. The molecule has 1 fully saturated rings. The highest BCUT2D eigenvalue weighted by molar-refractivity contribution is 7.99. The van der Waals surface area contributed by atoms with Crippen LogP contribution in [0.1, 0.15) is 19.8 Å². The average molecular weight is 278 g/mol. The van der Waals surface area contributed by atoms with Crippen molar-refractivity contribution < 1.29 is 4.79 Å². The Morgan fingerprint density at radius 3 is 2.95 bits per heavy atom. The van der Waals surface area contributed by atoms with Gasteiger partial charge in [0.2, 0.25) is 5.91 Å². The summed E-state index contributed by atoms with van der Waals surface area (Å²) in [5.41, 5.74) is 0. The summed E-state index contributed by atoms with van der Waals surface area (Å²) in [7, 11) is 0. The minimum atomic E-state index is 0.0483. The molecular weight excluding hydrogens is 256 g/mol. The SMILES string of the molecule is CC(CSc1ccccc1)C(=O)N[C@H]1CCCNC1. The Morgan fingerprint density at radius 1 is 1.47 bits per heavy atom. The van der Waals surface area contributed by atoms with Crippen molar-refractivity contribution in [3.63, 3.8) is 0 Å². The van der Waals surface area contributed by atoms with E-state index in [-0.39, 0.29) is 11.8 Å². The van der Waals surface area contributed by atoms with Gasteiger partial charge in [0.05, 0.1) is 0 Å². The molecule has 0 radical (unpaired) electrons. The summed E-state index contributed by atoms with van der Waals surface area (Å²) in [5.74, 6) is 1.06. The van der Waals surface area contributed by atoms with E-state index in [1.807, 2.05) is 25.1 Å². The number of rotatable bonds is 5. The molecule has 2 rings (SSSR count). The van der Waals surface area contributed by atoms with Crippen molar-refractivity contribution in [1.82, 2.24) is 10.6 Å². The van der Waals surface area contributed by atoms with Gasteiger partial charge >= 0.3 is 0 Å². The topological polar surface area (TPSA) is 41.1 Å². The Bertz CT molecular complexity index is 390. The predicted molar refractivity (Wildman–Crippen MR) is 80.4 cm³/mol. The highest BCUT2D eigenvalue weighted by Crippen LogP contribution is 2.20. The van der Waals surface area contributed by atoms with Crippen LogP contribution in [0.4, 0.5) is 0 Å². The van der Waals surface area contributed by atoms with Gasteiger partial charge in [-0.2, -0.15) is 0 Å². The third kappa shape index (κ3) is 4.88. The Morgan fingerprint density at radius 2 is 2.26 bits per heavy atom. The fourth-order valence-corrected chi connectivity index (χ4v) is 3.08. The van der Waals surface area contributed by atoms with Crippen LogP contribution < -0.4 is 10.6 Å². The molecule has 1 aliphatic heterocycles. The summed E-state index contributed by atoms with van der Waals surface area (Å²) in [5, 5.41) is 6.46. The van der Waals surface area contributed by atoms with E-state index in [2.05, 4.69) is 22.8 Å². The van der Waals surface area contributed by atoms with Crippen molar-refractivity contribution in [2.75, 3.05) is 18.8 Å². The summed E-state index contributed by atoms with van der Waals surface area (Å²) in [6.45, 7) is 3.98. The molecule has 1 heterocycles. The van der Waals surface area contributed by atoms with Gasteiger partial charge in [0.1, 0.15) is 0 Å². The number of hydrogen-bond acceptors (Lipinski definition) is 3. The zero-order valence-corrected chi connectivity index (χ0v) is 12.2. The normalized spacial score (nSPS) is 20.8. The first-order chi connectivity index (χ1) is 9.25. The van der Waals surface area contributed by atoms with E-state index < -0.39 is 0 Å². The lowest BCUT2D eigenvalue weighted by atomic mass is 10.1. The number of amides is 1. The second kappa shape index (κ2) is 7.56. The van der Waals surface area contributed by atoms with Crippen LogP contribution in [0, 0.1) is 5.92 Å². The van der Waals surface area contributed by atoms with Crippen LogP contribution in [0.3, 0.4) is 0 Å². The largest absolute Gasteiger partial charge is 0.352 e. The lowest BCUT2D eigenvalue weighted by Gasteiger charge is -2.25. The molecule has 1 aromatic carbocycles. The molecule has 1 aliphatic rings. The number of carbonyl (C=O) groups is 1. The van der Waals surface area contributed by atoms with Crippen LogP contribution in [0.2, 0.25) is 0 Å². The molecule has 1 saturated heterocycles. The first-order valence-corrected chi connectivity index (χ1v) is 7.93. The Labute approximate surface area is 119 Å². The van der Waals surface area contributed by atoms with Gasteiger partial charge < -0.3 is 10.6 Å². The van der Waals surface area contributed by atoms with Crippen LogP contribution >= 0.6 is 11.8 Å². The monoisotopic (exact) mass is 278 g/mol. The first kappa shape index (κ1) is 14.4. The molecule has 104 valence electrons. The molecular formula is C15H22N2OS. The zero-order chi connectivity index (χ0) is 13.5. The fraction of sp³-hybridized carbons (Fsp3) is 0.533. The van der Waals surface area contributed by atoms with E-state index in [0.717, 1.165) is 31.7 Å². The minimum absolute atomic E-state index is 0.0483. The summed E-state index contributed by atoms with van der Waals surface area (Å²) >= 11 is 1.74. The molecule has 1 amide bonds. The molecule has 3 nitrogen and oxygen atoms in total. The summed E-state index contributed by atoms with van der Waals surface area (Å²) in [6, 6.07) is 10.5. The molecule has 0 aromatic heterocycles. The average Bonchev–Trinajstić information content (AvgIpc) is 2.47. The highest BCUT2D eigenvalue weighted by atomic mass is 32.2. The van der Waals surface area contributed by atoms with E-state index in [0.29, 0.717) is 6.04 Å². The molecule has 2 N–H and O–H groups in total. The van der Waals surface area contributed by atoms with Crippen molar-refractivity contribution >= 4 is 17.7 Å². The number of thioether (sulfide) groups is 1. The quantitative estimate of drug-likeness (QED) is 0.812. The maximum Gasteiger partial charge on any atom is 0.223 e. The molecule has 0 aliphatic carbocycles. The molecule has 0 saturated carbocycles.